The molecule has 100 valence electrons. The fourth-order valence-corrected chi connectivity index (χ4v) is 2.58. The fraction of sp³-hybridized carbons (Fsp3) is 0.462. The summed E-state index contributed by atoms with van der Waals surface area (Å²) in [6, 6.07) is 7.52. The first kappa shape index (κ1) is 15.3. The first-order valence-corrected chi connectivity index (χ1v) is 7.08. The number of amides is 1. The van der Waals surface area contributed by atoms with Crippen LogP contribution in [0.5, 0.6) is 0 Å². The largest absolute Gasteiger partial charge is 0.385 e. The molecule has 5 heteroatoms. The number of carbonyl (C=O) groups is 1. The van der Waals surface area contributed by atoms with Crippen molar-refractivity contribution in [3.8, 4) is 0 Å². The lowest BCUT2D eigenvalue weighted by atomic mass is 10.4. The van der Waals surface area contributed by atoms with Gasteiger partial charge in [0.25, 0.3) is 0 Å². The minimum absolute atomic E-state index is 0.0380. The summed E-state index contributed by atoms with van der Waals surface area (Å²) in [6.45, 7) is 3.19. The zero-order chi connectivity index (χ0) is 13.4. The van der Waals surface area contributed by atoms with Crippen LogP contribution in [-0.2, 0) is 9.53 Å². The Hall–Kier alpha value is -0.710. The lowest BCUT2D eigenvalue weighted by molar-refractivity contribution is -0.120. The van der Waals surface area contributed by atoms with Crippen LogP contribution in [0.2, 0.25) is 5.02 Å². The maximum absolute atomic E-state index is 11.8. The molecule has 0 heterocycles. The Kier molecular flexibility index (Phi) is 7.16. The standard InChI is InChI=1S/C13H18ClNO2S/c1-10(13(16)15-7-4-8-17-2)18-12-6-3-5-11(14)9-12/h3,5-6,9-10H,4,7-8H2,1-2H3,(H,15,16). The van der Waals surface area contributed by atoms with Crippen LogP contribution >= 0.6 is 23.4 Å². The Morgan fingerprint density at radius 3 is 3.00 bits per heavy atom. The molecule has 1 N–H and O–H groups in total. The maximum atomic E-state index is 11.8. The van der Waals surface area contributed by atoms with Crippen LogP contribution in [0.3, 0.4) is 0 Å². The molecule has 1 aromatic rings. The molecule has 0 bridgehead atoms. The Labute approximate surface area is 117 Å². The smallest absolute Gasteiger partial charge is 0.233 e. The lowest BCUT2D eigenvalue weighted by Gasteiger charge is -2.12. The normalized spacial score (nSPS) is 12.2. The highest BCUT2D eigenvalue weighted by Crippen LogP contribution is 2.25. The van der Waals surface area contributed by atoms with Gasteiger partial charge in [-0.3, -0.25) is 4.79 Å². The highest BCUT2D eigenvalue weighted by Gasteiger charge is 2.13. The number of nitrogens with one attached hydrogen (secondary N) is 1. The number of ether oxygens (including phenoxy) is 1. The number of carbonyl (C=O) groups excluding carboxylic acids is 1. The average molecular weight is 288 g/mol. The molecule has 0 aliphatic rings. The van der Waals surface area contributed by atoms with E-state index in [2.05, 4.69) is 5.32 Å². The van der Waals surface area contributed by atoms with Crippen LogP contribution in [0, 0.1) is 0 Å². The number of halogens is 1. The molecule has 0 aromatic heterocycles. The van der Waals surface area contributed by atoms with Crippen molar-refractivity contribution in [1.82, 2.24) is 5.32 Å². The third kappa shape index (κ3) is 5.76. The van der Waals surface area contributed by atoms with Crippen LogP contribution in [0.4, 0.5) is 0 Å². The number of thioether (sulfide) groups is 1. The summed E-state index contributed by atoms with van der Waals surface area (Å²) in [5, 5.41) is 3.43. The van der Waals surface area contributed by atoms with Crippen LogP contribution in [0.25, 0.3) is 0 Å². The average Bonchev–Trinajstić information content (AvgIpc) is 2.34. The monoisotopic (exact) mass is 287 g/mol. The number of hydrogen-bond acceptors (Lipinski definition) is 3. The zero-order valence-electron chi connectivity index (χ0n) is 10.6. The summed E-state index contributed by atoms with van der Waals surface area (Å²) < 4.78 is 4.92. The van der Waals surface area contributed by atoms with Gasteiger partial charge in [0.1, 0.15) is 0 Å². The van der Waals surface area contributed by atoms with E-state index in [1.54, 1.807) is 7.11 Å². The molecule has 0 spiro atoms. The van der Waals surface area contributed by atoms with Crippen molar-refractivity contribution in [2.75, 3.05) is 20.3 Å². The minimum atomic E-state index is -0.133. The highest BCUT2D eigenvalue weighted by atomic mass is 35.5. The summed E-state index contributed by atoms with van der Waals surface area (Å²) in [7, 11) is 1.65. The van der Waals surface area contributed by atoms with Gasteiger partial charge in [0.2, 0.25) is 5.91 Å². The van der Waals surface area contributed by atoms with Crippen molar-refractivity contribution in [2.24, 2.45) is 0 Å². The first-order valence-electron chi connectivity index (χ1n) is 5.82. The quantitative estimate of drug-likeness (QED) is 0.619. The second-order valence-corrected chi connectivity index (χ2v) is 5.71. The number of methoxy groups -OCH3 is 1. The van der Waals surface area contributed by atoms with Crippen LogP contribution in [-0.4, -0.2) is 31.4 Å². The van der Waals surface area contributed by atoms with Crippen molar-refractivity contribution < 1.29 is 9.53 Å². The molecule has 3 nitrogen and oxygen atoms in total. The van der Waals surface area contributed by atoms with Gasteiger partial charge in [-0.05, 0) is 31.5 Å². The van der Waals surface area contributed by atoms with E-state index in [0.29, 0.717) is 18.2 Å². The topological polar surface area (TPSA) is 38.3 Å². The van der Waals surface area contributed by atoms with Gasteiger partial charge in [-0.15, -0.1) is 11.8 Å². The summed E-state index contributed by atoms with van der Waals surface area (Å²) in [6.07, 6.45) is 0.830. The first-order chi connectivity index (χ1) is 8.63. The molecule has 1 atom stereocenters. The Bertz CT molecular complexity index is 387. The lowest BCUT2D eigenvalue weighted by Crippen LogP contribution is -2.32. The van der Waals surface area contributed by atoms with E-state index in [1.807, 2.05) is 31.2 Å². The number of hydrogen-bond donors (Lipinski definition) is 1. The molecule has 18 heavy (non-hydrogen) atoms. The molecule has 0 aliphatic carbocycles. The van der Waals surface area contributed by atoms with Gasteiger partial charge in [-0.2, -0.15) is 0 Å². The van der Waals surface area contributed by atoms with Gasteiger partial charge in [0.15, 0.2) is 0 Å². The van der Waals surface area contributed by atoms with Gasteiger partial charge < -0.3 is 10.1 Å². The second-order valence-electron chi connectivity index (χ2n) is 3.85. The van der Waals surface area contributed by atoms with Crippen molar-refractivity contribution in [1.29, 1.82) is 0 Å². The maximum Gasteiger partial charge on any atom is 0.233 e. The van der Waals surface area contributed by atoms with Crippen molar-refractivity contribution in [3.05, 3.63) is 29.3 Å². The van der Waals surface area contributed by atoms with E-state index in [9.17, 15) is 4.79 Å². The van der Waals surface area contributed by atoms with E-state index in [1.165, 1.54) is 11.8 Å². The molecule has 0 fully saturated rings. The van der Waals surface area contributed by atoms with Gasteiger partial charge >= 0.3 is 0 Å². The van der Waals surface area contributed by atoms with Crippen molar-refractivity contribution in [3.63, 3.8) is 0 Å². The summed E-state index contributed by atoms with van der Waals surface area (Å²) in [4.78, 5) is 12.8. The zero-order valence-corrected chi connectivity index (χ0v) is 12.2. The third-order valence-corrected chi connectivity index (χ3v) is 3.63. The second kappa shape index (κ2) is 8.40. The van der Waals surface area contributed by atoms with E-state index < -0.39 is 0 Å². The Morgan fingerprint density at radius 1 is 1.56 bits per heavy atom. The fourth-order valence-electron chi connectivity index (χ4n) is 1.37. The van der Waals surface area contributed by atoms with Crippen LogP contribution < -0.4 is 5.32 Å². The third-order valence-electron chi connectivity index (χ3n) is 2.30. The molecule has 1 aromatic carbocycles. The molecule has 0 aliphatic heterocycles. The van der Waals surface area contributed by atoms with Crippen LogP contribution in [0.1, 0.15) is 13.3 Å². The summed E-state index contributed by atoms with van der Waals surface area (Å²) in [5.41, 5.74) is 0. The van der Waals surface area contributed by atoms with Gasteiger partial charge in [-0.1, -0.05) is 17.7 Å². The minimum Gasteiger partial charge on any atom is -0.385 e. The predicted molar refractivity (Wildman–Crippen MR) is 76.3 cm³/mol. The van der Waals surface area contributed by atoms with Gasteiger partial charge in [0.05, 0.1) is 5.25 Å². The van der Waals surface area contributed by atoms with E-state index in [-0.39, 0.29) is 11.2 Å². The molecular formula is C13H18ClNO2S. The van der Waals surface area contributed by atoms with E-state index in [4.69, 9.17) is 16.3 Å². The SMILES string of the molecule is COCCCNC(=O)C(C)Sc1cccc(Cl)c1. The van der Waals surface area contributed by atoms with E-state index in [0.717, 1.165) is 11.3 Å². The molecule has 0 radical (unpaired) electrons. The number of rotatable bonds is 7. The molecule has 1 amide bonds. The van der Waals surface area contributed by atoms with Crippen LogP contribution in [0.15, 0.2) is 29.2 Å². The van der Waals surface area contributed by atoms with Gasteiger partial charge in [-0.25, -0.2) is 0 Å². The van der Waals surface area contributed by atoms with Crippen molar-refractivity contribution in [2.45, 2.75) is 23.5 Å². The van der Waals surface area contributed by atoms with E-state index >= 15 is 0 Å². The summed E-state index contributed by atoms with van der Waals surface area (Å²) in [5.74, 6) is 0.0380. The highest BCUT2D eigenvalue weighted by molar-refractivity contribution is 8.00. The molecule has 1 unspecified atom stereocenters. The Morgan fingerprint density at radius 2 is 2.33 bits per heavy atom. The van der Waals surface area contributed by atoms with Gasteiger partial charge in [0, 0.05) is 30.2 Å². The molecule has 0 saturated heterocycles. The molecule has 1 rings (SSSR count). The predicted octanol–water partition coefficient (Wildman–Crippen LogP) is 2.97. The summed E-state index contributed by atoms with van der Waals surface area (Å²) >= 11 is 7.40. The Balaban J connectivity index is 2.35. The molecule has 0 saturated carbocycles. The molecular weight excluding hydrogens is 270 g/mol. The van der Waals surface area contributed by atoms with Crippen molar-refractivity contribution >= 4 is 29.3 Å². The number of benzene rings is 1.